The number of hydrogen-bond acceptors (Lipinski definition) is 7. The van der Waals surface area contributed by atoms with Gasteiger partial charge >= 0.3 is 0 Å². The first-order valence-corrected chi connectivity index (χ1v) is 11.1. The number of rotatable bonds is 7. The van der Waals surface area contributed by atoms with Crippen LogP contribution < -0.4 is 25.0 Å². The smallest absolute Gasteiger partial charge is 0.291 e. The van der Waals surface area contributed by atoms with Crippen LogP contribution in [0.1, 0.15) is 50.6 Å². The van der Waals surface area contributed by atoms with Crippen molar-refractivity contribution in [3.8, 4) is 17.2 Å². The maximum Gasteiger partial charge on any atom is 0.291 e. The van der Waals surface area contributed by atoms with Gasteiger partial charge in [0.1, 0.15) is 23.0 Å². The van der Waals surface area contributed by atoms with Crippen LogP contribution in [0, 0.1) is 6.92 Å². The van der Waals surface area contributed by atoms with Gasteiger partial charge in [0.25, 0.3) is 11.8 Å². The number of furan rings is 1. The average molecular weight is 478 g/mol. The summed E-state index contributed by atoms with van der Waals surface area (Å²) in [7, 11) is 4.64. The number of aryl methyl sites for hydroxylation is 1. The van der Waals surface area contributed by atoms with Gasteiger partial charge < -0.3 is 23.9 Å². The summed E-state index contributed by atoms with van der Waals surface area (Å²) in [6, 6.07) is 11.9. The first kappa shape index (κ1) is 23.9. The molecule has 0 saturated carbocycles. The highest BCUT2D eigenvalue weighted by Crippen LogP contribution is 2.32. The maximum atomic E-state index is 13.1. The van der Waals surface area contributed by atoms with Crippen molar-refractivity contribution >= 4 is 23.2 Å². The van der Waals surface area contributed by atoms with Crippen LogP contribution in [0.3, 0.4) is 0 Å². The molecular formula is C26H27N3O6. The molecular weight excluding hydrogens is 450 g/mol. The minimum Gasteiger partial charge on any atom is -0.497 e. The van der Waals surface area contributed by atoms with Gasteiger partial charge in [0, 0.05) is 29.2 Å². The highest BCUT2D eigenvalue weighted by Gasteiger charge is 2.28. The predicted molar refractivity (Wildman–Crippen MR) is 131 cm³/mol. The van der Waals surface area contributed by atoms with Crippen molar-refractivity contribution in [1.29, 1.82) is 0 Å². The Labute approximate surface area is 203 Å². The lowest BCUT2D eigenvalue weighted by atomic mass is 9.93. The van der Waals surface area contributed by atoms with Gasteiger partial charge in [-0.1, -0.05) is 0 Å². The third kappa shape index (κ3) is 4.98. The molecule has 0 spiro atoms. The Morgan fingerprint density at radius 2 is 1.63 bits per heavy atom. The summed E-state index contributed by atoms with van der Waals surface area (Å²) in [6.45, 7) is 1.81. The summed E-state index contributed by atoms with van der Waals surface area (Å²) in [5.41, 5.74) is 5.68. The number of fused-ring (bicyclic) bond motifs is 1. The van der Waals surface area contributed by atoms with E-state index in [1.807, 2.05) is 6.92 Å². The highest BCUT2D eigenvalue weighted by atomic mass is 16.5. The van der Waals surface area contributed by atoms with E-state index >= 15 is 0 Å². The summed E-state index contributed by atoms with van der Waals surface area (Å²) in [5, 5.41) is 7.21. The molecule has 2 amide bonds. The fourth-order valence-electron chi connectivity index (χ4n) is 4.00. The van der Waals surface area contributed by atoms with E-state index in [4.69, 9.17) is 18.6 Å². The molecule has 2 N–H and O–H groups in total. The van der Waals surface area contributed by atoms with Gasteiger partial charge in [-0.25, -0.2) is 5.43 Å². The van der Waals surface area contributed by atoms with Gasteiger partial charge in [0.15, 0.2) is 5.76 Å². The summed E-state index contributed by atoms with van der Waals surface area (Å²) < 4.78 is 21.6. The van der Waals surface area contributed by atoms with Crippen LogP contribution in [0.5, 0.6) is 17.2 Å². The number of carbonyl (C=O) groups is 2. The zero-order valence-electron chi connectivity index (χ0n) is 20.1. The SMILES string of the molecule is COc1ccc(C(=O)N/N=C2\CCCc3oc(C(=O)Nc4ccc(OC)cc4OC)c(C)c32)cc1. The maximum absolute atomic E-state index is 13.1. The van der Waals surface area contributed by atoms with Crippen LogP contribution in [0.2, 0.25) is 0 Å². The van der Waals surface area contributed by atoms with Crippen LogP contribution in [0.4, 0.5) is 5.69 Å². The Kier molecular flexibility index (Phi) is 7.05. The second kappa shape index (κ2) is 10.3. The summed E-state index contributed by atoms with van der Waals surface area (Å²) in [6.07, 6.45) is 2.13. The van der Waals surface area contributed by atoms with Crippen molar-refractivity contribution in [2.75, 3.05) is 26.6 Å². The number of amides is 2. The molecule has 1 aliphatic carbocycles. The quantitative estimate of drug-likeness (QED) is 0.490. The first-order chi connectivity index (χ1) is 16.9. The second-order valence-electron chi connectivity index (χ2n) is 7.96. The molecule has 9 heteroatoms. The van der Waals surface area contributed by atoms with E-state index in [0.717, 1.165) is 12.0 Å². The average Bonchev–Trinajstić information content (AvgIpc) is 3.24. The third-order valence-corrected chi connectivity index (χ3v) is 5.83. The minimum absolute atomic E-state index is 0.198. The number of hydrazone groups is 1. The lowest BCUT2D eigenvalue weighted by Crippen LogP contribution is -2.22. The molecule has 1 aliphatic rings. The largest absolute Gasteiger partial charge is 0.497 e. The number of nitrogens with one attached hydrogen (secondary N) is 2. The number of methoxy groups -OCH3 is 3. The molecule has 0 unspecified atom stereocenters. The molecule has 0 aliphatic heterocycles. The van der Waals surface area contributed by atoms with Crippen molar-refractivity contribution < 1.29 is 28.2 Å². The highest BCUT2D eigenvalue weighted by molar-refractivity contribution is 6.10. The molecule has 35 heavy (non-hydrogen) atoms. The van der Waals surface area contributed by atoms with E-state index < -0.39 is 5.91 Å². The van der Waals surface area contributed by atoms with Gasteiger partial charge in [-0.2, -0.15) is 5.10 Å². The Balaban J connectivity index is 1.55. The van der Waals surface area contributed by atoms with Crippen LogP contribution in [-0.2, 0) is 6.42 Å². The number of carbonyl (C=O) groups excluding carboxylic acids is 2. The fourth-order valence-corrected chi connectivity index (χ4v) is 4.00. The van der Waals surface area contributed by atoms with Gasteiger partial charge in [-0.3, -0.25) is 9.59 Å². The summed E-state index contributed by atoms with van der Waals surface area (Å²) >= 11 is 0. The molecule has 9 nitrogen and oxygen atoms in total. The molecule has 0 saturated heterocycles. The molecule has 3 aromatic rings. The number of benzene rings is 2. The van der Waals surface area contributed by atoms with Crippen LogP contribution >= 0.6 is 0 Å². The van der Waals surface area contributed by atoms with E-state index in [9.17, 15) is 9.59 Å². The Morgan fingerprint density at radius 1 is 0.914 bits per heavy atom. The summed E-state index contributed by atoms with van der Waals surface area (Å²) in [4.78, 5) is 25.6. The third-order valence-electron chi connectivity index (χ3n) is 5.83. The molecule has 2 aromatic carbocycles. The van der Waals surface area contributed by atoms with Crippen molar-refractivity contribution in [3.05, 3.63) is 70.7 Å². The lowest BCUT2D eigenvalue weighted by molar-refractivity contribution is 0.0953. The predicted octanol–water partition coefficient (Wildman–Crippen LogP) is 4.34. The van der Waals surface area contributed by atoms with E-state index in [0.29, 0.717) is 58.4 Å². The summed E-state index contributed by atoms with van der Waals surface area (Å²) in [5.74, 6) is 1.89. The zero-order chi connectivity index (χ0) is 24.9. The van der Waals surface area contributed by atoms with Gasteiger partial charge in [-0.15, -0.1) is 0 Å². The van der Waals surface area contributed by atoms with Gasteiger partial charge in [-0.05, 0) is 56.2 Å². The molecule has 182 valence electrons. The van der Waals surface area contributed by atoms with Crippen LogP contribution in [0.15, 0.2) is 52.0 Å². The number of anilines is 1. The number of nitrogens with zero attached hydrogens (tertiary/aromatic N) is 1. The van der Waals surface area contributed by atoms with Crippen molar-refractivity contribution in [2.45, 2.75) is 26.2 Å². The Hall–Kier alpha value is -4.27. The van der Waals surface area contributed by atoms with Gasteiger partial charge in [0.05, 0.1) is 32.7 Å². The van der Waals surface area contributed by atoms with E-state index in [2.05, 4.69) is 15.8 Å². The van der Waals surface area contributed by atoms with E-state index in [1.165, 1.54) is 7.11 Å². The van der Waals surface area contributed by atoms with Crippen molar-refractivity contribution in [1.82, 2.24) is 5.43 Å². The first-order valence-electron chi connectivity index (χ1n) is 11.1. The van der Waals surface area contributed by atoms with Crippen LogP contribution in [0.25, 0.3) is 0 Å². The zero-order valence-corrected chi connectivity index (χ0v) is 20.1. The van der Waals surface area contributed by atoms with Crippen LogP contribution in [-0.4, -0.2) is 38.9 Å². The second-order valence-corrected chi connectivity index (χ2v) is 7.96. The Morgan fingerprint density at radius 3 is 2.31 bits per heavy atom. The minimum atomic E-state index is -0.401. The van der Waals surface area contributed by atoms with Crippen molar-refractivity contribution in [2.24, 2.45) is 5.10 Å². The normalized spacial score (nSPS) is 13.7. The molecule has 0 atom stereocenters. The molecule has 1 heterocycles. The fraction of sp³-hybridized carbons (Fsp3) is 0.269. The topological polar surface area (TPSA) is 111 Å². The number of ether oxygens (including phenoxy) is 3. The molecule has 4 rings (SSSR count). The standard InChI is InChI=1S/C26H27N3O6/c1-15-23-20(28-29-25(30)16-8-10-17(32-2)11-9-16)6-5-7-21(23)35-24(15)26(31)27-19-13-12-18(33-3)14-22(19)34-4/h8-14H,5-7H2,1-4H3,(H,27,31)(H,29,30)/b28-20+. The number of hydrogen-bond donors (Lipinski definition) is 2. The molecule has 1 aromatic heterocycles. The Bertz CT molecular complexity index is 1280. The lowest BCUT2D eigenvalue weighted by Gasteiger charge is -2.13. The van der Waals surface area contributed by atoms with Crippen molar-refractivity contribution in [3.63, 3.8) is 0 Å². The van der Waals surface area contributed by atoms with E-state index in [1.54, 1.807) is 56.7 Å². The van der Waals surface area contributed by atoms with Gasteiger partial charge in [0.2, 0.25) is 0 Å². The molecule has 0 fully saturated rings. The van der Waals surface area contributed by atoms with E-state index in [-0.39, 0.29) is 11.7 Å². The monoisotopic (exact) mass is 477 g/mol. The molecule has 0 bridgehead atoms. The molecule has 0 radical (unpaired) electrons.